The highest BCUT2D eigenvalue weighted by Crippen LogP contribution is 2.48. The molecule has 0 radical (unpaired) electrons. The SMILES string of the molecule is O=C(CN=C1NS(=O)(=O)c2ccccc21)N1C[C@@H]2CCC[C@@]2(C(=O)O)C1. The molecule has 1 aromatic rings. The first-order valence-corrected chi connectivity index (χ1v) is 10.00. The molecule has 0 unspecified atom stereocenters. The monoisotopic (exact) mass is 377 g/mol. The second-order valence-electron chi connectivity index (χ2n) is 7.09. The maximum absolute atomic E-state index is 12.5. The van der Waals surface area contributed by atoms with Crippen LogP contribution in [0.2, 0.25) is 0 Å². The van der Waals surface area contributed by atoms with Crippen LogP contribution in [0.15, 0.2) is 34.2 Å². The minimum atomic E-state index is -3.64. The van der Waals surface area contributed by atoms with E-state index in [4.69, 9.17) is 0 Å². The van der Waals surface area contributed by atoms with Gasteiger partial charge in [0.05, 0.1) is 10.3 Å². The number of hydrogen-bond donors (Lipinski definition) is 2. The minimum Gasteiger partial charge on any atom is -0.481 e. The summed E-state index contributed by atoms with van der Waals surface area (Å²) in [6, 6.07) is 6.45. The average molecular weight is 377 g/mol. The van der Waals surface area contributed by atoms with Crippen LogP contribution in [-0.2, 0) is 19.6 Å². The van der Waals surface area contributed by atoms with Gasteiger partial charge in [0.15, 0.2) is 0 Å². The maximum Gasteiger partial charge on any atom is 0.311 e. The van der Waals surface area contributed by atoms with Crippen LogP contribution in [0.4, 0.5) is 0 Å². The molecule has 8 nitrogen and oxygen atoms in total. The quantitative estimate of drug-likeness (QED) is 0.793. The van der Waals surface area contributed by atoms with E-state index in [1.807, 2.05) is 0 Å². The van der Waals surface area contributed by atoms with Gasteiger partial charge in [-0.1, -0.05) is 18.6 Å². The van der Waals surface area contributed by atoms with Gasteiger partial charge >= 0.3 is 5.97 Å². The van der Waals surface area contributed by atoms with Crippen molar-refractivity contribution in [3.05, 3.63) is 29.8 Å². The van der Waals surface area contributed by atoms with Gasteiger partial charge in [-0.25, -0.2) is 8.42 Å². The molecule has 2 aliphatic heterocycles. The van der Waals surface area contributed by atoms with E-state index in [1.54, 1.807) is 23.1 Å². The molecule has 2 fully saturated rings. The average Bonchev–Trinajstić information content (AvgIpc) is 3.23. The van der Waals surface area contributed by atoms with Crippen molar-refractivity contribution < 1.29 is 23.1 Å². The Morgan fingerprint density at radius 3 is 2.85 bits per heavy atom. The third-order valence-corrected chi connectivity index (χ3v) is 7.08. The zero-order chi connectivity index (χ0) is 18.5. The molecule has 0 bridgehead atoms. The number of benzene rings is 1. The first-order valence-electron chi connectivity index (χ1n) is 8.51. The largest absolute Gasteiger partial charge is 0.481 e. The Balaban J connectivity index is 1.51. The van der Waals surface area contributed by atoms with Gasteiger partial charge in [-0.15, -0.1) is 0 Å². The summed E-state index contributed by atoms with van der Waals surface area (Å²) in [5.41, 5.74) is -0.384. The summed E-state index contributed by atoms with van der Waals surface area (Å²) in [6.07, 6.45) is 2.29. The Kier molecular flexibility index (Phi) is 3.80. The van der Waals surface area contributed by atoms with Gasteiger partial charge < -0.3 is 10.0 Å². The normalized spacial score (nSPS) is 30.1. The fourth-order valence-electron chi connectivity index (χ4n) is 4.33. The van der Waals surface area contributed by atoms with Gasteiger partial charge in [0, 0.05) is 18.7 Å². The van der Waals surface area contributed by atoms with Crippen molar-refractivity contribution in [3.63, 3.8) is 0 Å². The molecule has 1 aromatic carbocycles. The number of amides is 1. The lowest BCUT2D eigenvalue weighted by Gasteiger charge is -2.23. The molecule has 1 saturated carbocycles. The zero-order valence-electron chi connectivity index (χ0n) is 14.0. The molecule has 2 heterocycles. The number of nitrogens with one attached hydrogen (secondary N) is 1. The van der Waals surface area contributed by atoms with Gasteiger partial charge in [-0.05, 0) is 30.9 Å². The van der Waals surface area contributed by atoms with E-state index >= 15 is 0 Å². The van der Waals surface area contributed by atoms with Crippen LogP contribution in [0, 0.1) is 11.3 Å². The Hall–Kier alpha value is -2.42. The smallest absolute Gasteiger partial charge is 0.311 e. The molecule has 1 amide bonds. The molecule has 3 aliphatic rings. The van der Waals surface area contributed by atoms with Crippen LogP contribution < -0.4 is 4.72 Å². The predicted octanol–water partition coefficient (Wildman–Crippen LogP) is 0.438. The van der Waals surface area contributed by atoms with Gasteiger partial charge in [-0.3, -0.25) is 19.3 Å². The van der Waals surface area contributed by atoms with Crippen molar-refractivity contribution in [1.29, 1.82) is 0 Å². The van der Waals surface area contributed by atoms with Crippen molar-refractivity contribution in [1.82, 2.24) is 9.62 Å². The number of nitrogens with zero attached hydrogens (tertiary/aromatic N) is 2. The summed E-state index contributed by atoms with van der Waals surface area (Å²) in [6.45, 7) is 0.423. The van der Waals surface area contributed by atoms with E-state index in [0.717, 1.165) is 12.8 Å². The molecule has 0 aromatic heterocycles. The number of hydrogen-bond acceptors (Lipinski definition) is 5. The van der Waals surface area contributed by atoms with E-state index in [2.05, 4.69) is 9.71 Å². The van der Waals surface area contributed by atoms with E-state index in [1.165, 1.54) is 6.07 Å². The Morgan fingerprint density at radius 2 is 2.12 bits per heavy atom. The van der Waals surface area contributed by atoms with Gasteiger partial charge in [0.1, 0.15) is 12.4 Å². The molecule has 138 valence electrons. The highest BCUT2D eigenvalue weighted by Gasteiger charge is 2.55. The van der Waals surface area contributed by atoms with Crippen molar-refractivity contribution in [2.24, 2.45) is 16.3 Å². The standard InChI is InChI=1S/C17H19N3O5S/c21-14(20-9-11-4-3-7-17(11,10-20)16(22)23)8-18-15-12-5-1-2-6-13(12)26(24,25)19-15/h1-2,5-6,11H,3-4,7-10H2,(H,18,19)(H,22,23)/t11-,17+/m0/s1. The Morgan fingerprint density at radius 1 is 1.35 bits per heavy atom. The van der Waals surface area contributed by atoms with Crippen molar-refractivity contribution >= 4 is 27.7 Å². The molecule has 0 spiro atoms. The molecule has 9 heteroatoms. The van der Waals surface area contributed by atoms with Crippen LogP contribution >= 0.6 is 0 Å². The summed E-state index contributed by atoms with van der Waals surface area (Å²) in [5.74, 6) is -0.973. The molecule has 2 N–H and O–H groups in total. The number of carbonyl (C=O) groups excluding carboxylic acids is 1. The van der Waals surface area contributed by atoms with Crippen LogP contribution in [0.1, 0.15) is 24.8 Å². The number of carbonyl (C=O) groups is 2. The maximum atomic E-state index is 12.5. The second kappa shape index (κ2) is 5.80. The fraction of sp³-hybridized carbons (Fsp3) is 0.471. The van der Waals surface area contributed by atoms with E-state index in [9.17, 15) is 23.1 Å². The summed E-state index contributed by atoms with van der Waals surface area (Å²) < 4.78 is 26.5. The van der Waals surface area contributed by atoms with E-state index < -0.39 is 21.4 Å². The van der Waals surface area contributed by atoms with Crippen molar-refractivity contribution in [2.75, 3.05) is 19.6 Å². The number of aliphatic carboxylic acids is 1. The minimum absolute atomic E-state index is 0.0117. The predicted molar refractivity (Wildman–Crippen MR) is 92.2 cm³/mol. The van der Waals surface area contributed by atoms with E-state index in [-0.39, 0.29) is 35.6 Å². The molecular weight excluding hydrogens is 358 g/mol. The third kappa shape index (κ3) is 2.49. The highest BCUT2D eigenvalue weighted by atomic mass is 32.2. The number of likely N-dealkylation sites (tertiary alicyclic amines) is 1. The number of amidine groups is 1. The first-order chi connectivity index (χ1) is 12.3. The highest BCUT2D eigenvalue weighted by molar-refractivity contribution is 7.90. The van der Waals surface area contributed by atoms with Crippen LogP contribution in [0.3, 0.4) is 0 Å². The van der Waals surface area contributed by atoms with Crippen molar-refractivity contribution in [3.8, 4) is 0 Å². The first kappa shape index (κ1) is 17.0. The summed E-state index contributed by atoms with van der Waals surface area (Å²) in [5, 5.41) is 9.60. The van der Waals surface area contributed by atoms with Crippen molar-refractivity contribution in [2.45, 2.75) is 24.2 Å². The number of rotatable bonds is 3. The number of carboxylic acid groups (broad SMARTS) is 1. The molecular formula is C17H19N3O5S. The number of carboxylic acids is 1. The molecule has 1 saturated heterocycles. The molecule has 26 heavy (non-hydrogen) atoms. The van der Waals surface area contributed by atoms with Gasteiger partial charge in [0.2, 0.25) is 5.91 Å². The number of sulfonamides is 1. The lowest BCUT2D eigenvalue weighted by molar-refractivity contribution is -0.149. The van der Waals surface area contributed by atoms with Crippen LogP contribution in [0.5, 0.6) is 0 Å². The molecule has 4 rings (SSSR count). The Labute approximate surface area is 151 Å². The summed E-state index contributed by atoms with van der Waals surface area (Å²) >= 11 is 0. The molecule has 1 aliphatic carbocycles. The number of aliphatic imine (C=N–C) groups is 1. The topological polar surface area (TPSA) is 116 Å². The summed E-state index contributed by atoms with van der Waals surface area (Å²) in [4.78, 5) is 30.1. The zero-order valence-corrected chi connectivity index (χ0v) is 14.8. The number of fused-ring (bicyclic) bond motifs is 2. The van der Waals surface area contributed by atoms with Gasteiger partial charge in [-0.2, -0.15) is 0 Å². The fourth-order valence-corrected chi connectivity index (χ4v) is 5.58. The third-order valence-electron chi connectivity index (χ3n) is 5.68. The van der Waals surface area contributed by atoms with Crippen LogP contribution in [-0.4, -0.2) is 55.8 Å². The second-order valence-corrected chi connectivity index (χ2v) is 8.74. The lowest BCUT2D eigenvalue weighted by Crippen LogP contribution is -2.38. The Bertz CT molecular complexity index is 926. The van der Waals surface area contributed by atoms with Crippen LogP contribution in [0.25, 0.3) is 0 Å². The summed E-state index contributed by atoms with van der Waals surface area (Å²) in [7, 11) is -3.64. The lowest BCUT2D eigenvalue weighted by atomic mass is 9.81. The van der Waals surface area contributed by atoms with E-state index in [0.29, 0.717) is 18.5 Å². The molecule has 2 atom stereocenters. The van der Waals surface area contributed by atoms with Gasteiger partial charge in [0.25, 0.3) is 10.0 Å².